The molecule has 0 rings (SSSR count). The van der Waals surface area contributed by atoms with Crippen molar-refractivity contribution in [3.63, 3.8) is 0 Å². The van der Waals surface area contributed by atoms with E-state index >= 15 is 0 Å². The lowest BCUT2D eigenvalue weighted by Crippen LogP contribution is -2.27. The van der Waals surface area contributed by atoms with E-state index in [2.05, 4.69) is 19.2 Å². The van der Waals surface area contributed by atoms with E-state index in [-0.39, 0.29) is 17.7 Å². The van der Waals surface area contributed by atoms with Crippen molar-refractivity contribution in [2.75, 3.05) is 18.5 Å². The van der Waals surface area contributed by atoms with Gasteiger partial charge in [0.2, 0.25) is 13.3 Å². The maximum Gasteiger partial charge on any atom is 0.425 e. The van der Waals surface area contributed by atoms with Gasteiger partial charge in [0, 0.05) is 24.8 Å². The predicted molar refractivity (Wildman–Crippen MR) is 89.4 cm³/mol. The number of amides is 1. The summed E-state index contributed by atoms with van der Waals surface area (Å²) in [6.45, 7) is 8.02. The Morgan fingerprint density at radius 2 is 1.73 bits per heavy atom. The number of nitrogens with one attached hydrogen (secondary N) is 1. The van der Waals surface area contributed by atoms with Gasteiger partial charge in [0.15, 0.2) is 0 Å². The number of rotatable bonds is 9. The van der Waals surface area contributed by atoms with Gasteiger partial charge in [-0.3, -0.25) is 9.36 Å². The minimum atomic E-state index is -3.11. The summed E-state index contributed by atoms with van der Waals surface area (Å²) in [5.41, 5.74) is -0.239. The monoisotopic (exact) mass is 375 g/mol. The highest BCUT2D eigenvalue weighted by Gasteiger charge is 2.22. The van der Waals surface area contributed by atoms with Gasteiger partial charge in [0.1, 0.15) is 0 Å². The van der Waals surface area contributed by atoms with E-state index in [9.17, 15) is 14.3 Å². The molecule has 0 aromatic carbocycles. The first-order chi connectivity index (χ1) is 9.99. The molecule has 1 atom stereocenters. The molecule has 0 aliphatic carbocycles. The van der Waals surface area contributed by atoms with Crippen molar-refractivity contribution in [1.82, 2.24) is 5.32 Å². The summed E-state index contributed by atoms with van der Waals surface area (Å²) in [6, 6.07) is 0. The molecule has 0 aromatic heterocycles. The Bertz CT molecular complexity index is 456. The van der Waals surface area contributed by atoms with Gasteiger partial charge in [-0.2, -0.15) is 11.8 Å². The molecule has 0 heterocycles. The van der Waals surface area contributed by atoms with Crippen molar-refractivity contribution in [1.29, 1.82) is 0 Å². The lowest BCUT2D eigenvalue weighted by Gasteiger charge is -2.15. The van der Waals surface area contributed by atoms with Crippen molar-refractivity contribution < 1.29 is 26.9 Å². The van der Waals surface area contributed by atoms with E-state index in [0.717, 1.165) is 12.2 Å². The Morgan fingerprint density at radius 3 is 2.14 bits per heavy atom. The van der Waals surface area contributed by atoms with Crippen LogP contribution in [0.5, 0.6) is 0 Å². The Morgan fingerprint density at radius 1 is 1.23 bits per heavy atom. The Labute approximate surface area is 138 Å². The highest BCUT2D eigenvalue weighted by Crippen LogP contribution is 2.44. The Hall–Kier alpha value is -0.370. The summed E-state index contributed by atoms with van der Waals surface area (Å²) >= 11 is 1.84. The normalized spacial score (nSPS) is 13.2. The van der Waals surface area contributed by atoms with Crippen LogP contribution in [0, 0.1) is 0 Å². The topological polar surface area (TPSA) is 118 Å². The van der Waals surface area contributed by atoms with E-state index in [1.165, 1.54) is 0 Å². The molecular weight excluding hydrogens is 349 g/mol. The fraction of sp³-hybridized carbons (Fsp3) is 0.917. The third-order valence-electron chi connectivity index (χ3n) is 2.56. The van der Waals surface area contributed by atoms with Crippen LogP contribution in [-0.2, 0) is 20.0 Å². The summed E-state index contributed by atoms with van der Waals surface area (Å²) in [6.07, 6.45) is 1.52. The zero-order valence-electron chi connectivity index (χ0n) is 13.4. The minimum Gasteiger partial charge on any atom is -0.356 e. The average Bonchev–Trinajstić information content (AvgIpc) is 2.33. The van der Waals surface area contributed by atoms with Gasteiger partial charge in [-0.25, -0.2) is 0 Å². The first-order valence-corrected chi connectivity index (χ1v) is 10.9. The quantitative estimate of drug-likeness (QED) is 0.465. The summed E-state index contributed by atoms with van der Waals surface area (Å²) in [5, 5.41) is 3.30. The SMILES string of the molecule is CC(C)SCCCC(=O)NCCP(=O)(O)C(C)C.O=S(=O)=O. The van der Waals surface area contributed by atoms with Crippen LogP contribution in [0.15, 0.2) is 0 Å². The van der Waals surface area contributed by atoms with E-state index in [1.807, 2.05) is 11.8 Å². The molecule has 0 aliphatic heterocycles. The minimum absolute atomic E-state index is 0.0249. The fourth-order valence-electron chi connectivity index (χ4n) is 1.25. The van der Waals surface area contributed by atoms with Crippen molar-refractivity contribution >= 4 is 35.6 Å². The van der Waals surface area contributed by atoms with Crippen molar-refractivity contribution in [2.24, 2.45) is 0 Å². The molecule has 1 unspecified atom stereocenters. The summed E-state index contributed by atoms with van der Waals surface area (Å²) in [4.78, 5) is 21.0. The highest BCUT2D eigenvalue weighted by molar-refractivity contribution is 7.99. The van der Waals surface area contributed by atoms with Crippen molar-refractivity contribution in [3.8, 4) is 0 Å². The van der Waals surface area contributed by atoms with E-state index in [1.54, 1.807) is 13.8 Å². The lowest BCUT2D eigenvalue weighted by molar-refractivity contribution is -0.120. The van der Waals surface area contributed by atoms with E-state index in [0.29, 0.717) is 18.2 Å². The van der Waals surface area contributed by atoms with Crippen LogP contribution in [0.4, 0.5) is 0 Å². The van der Waals surface area contributed by atoms with Crippen LogP contribution in [0.25, 0.3) is 0 Å². The van der Waals surface area contributed by atoms with Gasteiger partial charge >= 0.3 is 10.6 Å². The molecular formula is C12H26NO6PS2. The number of hydrogen-bond donors (Lipinski definition) is 2. The Kier molecular flexibility index (Phi) is 14.2. The lowest BCUT2D eigenvalue weighted by atomic mass is 10.3. The maximum atomic E-state index is 11.6. The molecule has 0 saturated carbocycles. The van der Waals surface area contributed by atoms with Gasteiger partial charge in [-0.1, -0.05) is 27.7 Å². The zero-order chi connectivity index (χ0) is 17.8. The largest absolute Gasteiger partial charge is 0.425 e. The van der Waals surface area contributed by atoms with Gasteiger partial charge < -0.3 is 10.2 Å². The average molecular weight is 375 g/mol. The van der Waals surface area contributed by atoms with Crippen LogP contribution in [0.2, 0.25) is 0 Å². The summed E-state index contributed by atoms with van der Waals surface area (Å²) < 4.78 is 37.0. The second-order valence-electron chi connectivity index (χ2n) is 5.15. The second kappa shape index (κ2) is 13.1. The maximum absolute atomic E-state index is 11.6. The van der Waals surface area contributed by atoms with E-state index < -0.39 is 18.0 Å². The van der Waals surface area contributed by atoms with Crippen LogP contribution < -0.4 is 5.32 Å². The molecule has 22 heavy (non-hydrogen) atoms. The summed E-state index contributed by atoms with van der Waals surface area (Å²) in [5.74, 6) is 0.957. The molecule has 0 spiro atoms. The summed E-state index contributed by atoms with van der Waals surface area (Å²) in [7, 11) is -6.20. The van der Waals surface area contributed by atoms with Crippen LogP contribution in [0.1, 0.15) is 40.5 Å². The number of thioether (sulfide) groups is 1. The third kappa shape index (κ3) is 17.7. The number of carbonyl (C=O) groups excluding carboxylic acids is 1. The van der Waals surface area contributed by atoms with Crippen LogP contribution in [-0.4, -0.2) is 52.8 Å². The number of hydrogen-bond acceptors (Lipinski definition) is 6. The second-order valence-corrected chi connectivity index (χ2v) is 10.2. The van der Waals surface area contributed by atoms with Crippen LogP contribution >= 0.6 is 19.1 Å². The molecule has 0 aromatic rings. The molecule has 132 valence electrons. The molecule has 2 N–H and O–H groups in total. The highest BCUT2D eigenvalue weighted by atomic mass is 32.2. The fourth-order valence-corrected chi connectivity index (χ4v) is 2.98. The first-order valence-electron chi connectivity index (χ1n) is 6.95. The Balaban J connectivity index is 0. The molecule has 10 heteroatoms. The molecule has 0 radical (unpaired) electrons. The van der Waals surface area contributed by atoms with Crippen molar-refractivity contribution in [2.45, 2.75) is 51.4 Å². The zero-order valence-corrected chi connectivity index (χ0v) is 16.0. The van der Waals surface area contributed by atoms with Gasteiger partial charge in [0.05, 0.1) is 0 Å². The van der Waals surface area contributed by atoms with E-state index in [4.69, 9.17) is 12.6 Å². The number of carbonyl (C=O) groups is 1. The molecule has 0 bridgehead atoms. The molecule has 1 amide bonds. The predicted octanol–water partition coefficient (Wildman–Crippen LogP) is 1.70. The first kappa shape index (κ1) is 23.9. The molecule has 0 saturated heterocycles. The third-order valence-corrected chi connectivity index (χ3v) is 6.23. The van der Waals surface area contributed by atoms with Gasteiger partial charge in [0.25, 0.3) is 0 Å². The van der Waals surface area contributed by atoms with Gasteiger partial charge in [-0.05, 0) is 17.4 Å². The van der Waals surface area contributed by atoms with Gasteiger partial charge in [-0.15, -0.1) is 12.6 Å². The molecule has 7 nitrogen and oxygen atoms in total. The molecule has 0 aliphatic rings. The standard InChI is InChI=1S/C12H26NO3PS.O3S/c1-10(2)17(15,16)8-7-13-12(14)6-5-9-18-11(3)4;1-4(2)3/h10-11H,5-9H2,1-4H3,(H,13,14)(H,15,16);. The smallest absolute Gasteiger partial charge is 0.356 e. The van der Waals surface area contributed by atoms with Crippen molar-refractivity contribution in [3.05, 3.63) is 0 Å². The molecule has 0 fully saturated rings. The van der Waals surface area contributed by atoms with Crippen LogP contribution in [0.3, 0.4) is 0 Å².